The van der Waals surface area contributed by atoms with Crippen molar-refractivity contribution in [3.63, 3.8) is 0 Å². The third-order valence-corrected chi connectivity index (χ3v) is 4.15. The summed E-state index contributed by atoms with van der Waals surface area (Å²) in [6.45, 7) is 0.0268. The number of hydrogen-bond donors (Lipinski definition) is 0. The minimum Gasteiger partial charge on any atom is -0.344 e. The first-order chi connectivity index (χ1) is 12.0. The highest BCUT2D eigenvalue weighted by molar-refractivity contribution is 6.22. The Morgan fingerprint density at radius 1 is 1.16 bits per heavy atom. The van der Waals surface area contributed by atoms with Crippen molar-refractivity contribution in [2.45, 2.75) is 6.42 Å². The van der Waals surface area contributed by atoms with Crippen LogP contribution in [0.1, 0.15) is 26.3 Å². The van der Waals surface area contributed by atoms with Gasteiger partial charge in [-0.3, -0.25) is 24.3 Å². The predicted molar refractivity (Wildman–Crippen MR) is 87.3 cm³/mol. The zero-order chi connectivity index (χ0) is 18.0. The molecule has 2 heterocycles. The number of rotatable bonds is 5. The van der Waals surface area contributed by atoms with Crippen molar-refractivity contribution in [1.29, 1.82) is 0 Å². The fraction of sp³-hybridized carbons (Fsp3) is 0.222. The van der Waals surface area contributed by atoms with Gasteiger partial charge in [-0.15, -0.1) is 0 Å². The third kappa shape index (κ3) is 3.26. The van der Waals surface area contributed by atoms with Gasteiger partial charge in [0.15, 0.2) is 0 Å². The number of hydrogen-bond acceptors (Lipinski definition) is 4. The number of carbonyl (C=O) groups excluding carboxylic acids is 3. The number of benzene rings is 1. The highest BCUT2D eigenvalue weighted by Gasteiger charge is 2.39. The van der Waals surface area contributed by atoms with E-state index >= 15 is 0 Å². The molecule has 6 nitrogen and oxygen atoms in total. The zero-order valence-electron chi connectivity index (χ0n) is 13.6. The number of pyridine rings is 1. The molecule has 0 fully saturated rings. The topological polar surface area (TPSA) is 70.6 Å². The maximum Gasteiger partial charge on any atom is 0.265 e. The molecule has 0 saturated carbocycles. The van der Waals surface area contributed by atoms with Crippen LogP contribution in [-0.4, -0.2) is 52.6 Å². The molecular formula is C18H16FN3O3. The van der Waals surface area contributed by atoms with Crippen molar-refractivity contribution >= 4 is 17.7 Å². The molecule has 0 radical (unpaired) electrons. The summed E-state index contributed by atoms with van der Waals surface area (Å²) >= 11 is 0. The number of halogens is 1. The molecule has 7 heteroatoms. The molecule has 0 saturated heterocycles. The minimum atomic E-state index is -0.769. The highest BCUT2D eigenvalue weighted by Crippen LogP contribution is 2.25. The van der Waals surface area contributed by atoms with E-state index in [-0.39, 0.29) is 17.0 Å². The van der Waals surface area contributed by atoms with Crippen molar-refractivity contribution < 1.29 is 18.8 Å². The van der Waals surface area contributed by atoms with E-state index < -0.39 is 24.2 Å². The van der Waals surface area contributed by atoms with Gasteiger partial charge >= 0.3 is 0 Å². The Labute approximate surface area is 143 Å². The van der Waals surface area contributed by atoms with E-state index in [4.69, 9.17) is 0 Å². The molecule has 25 heavy (non-hydrogen) atoms. The Hall–Kier alpha value is -3.09. The molecule has 0 unspecified atom stereocenters. The lowest BCUT2D eigenvalue weighted by atomic mass is 10.1. The first-order valence-corrected chi connectivity index (χ1v) is 7.76. The van der Waals surface area contributed by atoms with E-state index in [1.54, 1.807) is 19.4 Å². The van der Waals surface area contributed by atoms with Crippen LogP contribution in [0.3, 0.4) is 0 Å². The van der Waals surface area contributed by atoms with Gasteiger partial charge in [0.05, 0.1) is 11.1 Å². The summed E-state index contributed by atoms with van der Waals surface area (Å²) in [5.41, 5.74) is 0.759. The van der Waals surface area contributed by atoms with Crippen LogP contribution in [0.4, 0.5) is 4.39 Å². The maximum atomic E-state index is 13.8. The number of carbonyl (C=O) groups is 3. The number of likely N-dealkylation sites (N-methyl/N-ethyl adjacent to an activating group) is 1. The molecule has 0 atom stereocenters. The second-order valence-electron chi connectivity index (χ2n) is 5.78. The smallest absolute Gasteiger partial charge is 0.265 e. The first-order valence-electron chi connectivity index (χ1n) is 7.76. The van der Waals surface area contributed by atoms with E-state index in [2.05, 4.69) is 4.98 Å². The molecule has 1 aromatic heterocycles. The summed E-state index contributed by atoms with van der Waals surface area (Å²) in [5.74, 6) is -2.55. The van der Waals surface area contributed by atoms with Crippen LogP contribution in [0.25, 0.3) is 0 Å². The molecule has 1 aromatic carbocycles. The van der Waals surface area contributed by atoms with Gasteiger partial charge in [-0.25, -0.2) is 4.39 Å². The van der Waals surface area contributed by atoms with E-state index in [9.17, 15) is 18.8 Å². The maximum absolute atomic E-state index is 13.8. The Kier molecular flexibility index (Phi) is 4.56. The summed E-state index contributed by atoms with van der Waals surface area (Å²) in [6, 6.07) is 7.58. The van der Waals surface area contributed by atoms with Crippen LogP contribution in [0.5, 0.6) is 0 Å². The number of fused-ring (bicyclic) bond motifs is 1. The predicted octanol–water partition coefficient (Wildman–Crippen LogP) is 1.52. The van der Waals surface area contributed by atoms with Crippen LogP contribution in [0, 0.1) is 5.82 Å². The Balaban J connectivity index is 1.64. The number of nitrogens with zero attached hydrogens (tertiary/aromatic N) is 3. The van der Waals surface area contributed by atoms with Crippen LogP contribution >= 0.6 is 0 Å². The van der Waals surface area contributed by atoms with E-state index in [1.807, 2.05) is 12.1 Å². The zero-order valence-corrected chi connectivity index (χ0v) is 13.6. The average Bonchev–Trinajstić information content (AvgIpc) is 2.86. The summed E-state index contributed by atoms with van der Waals surface area (Å²) in [4.78, 5) is 43.0. The Bertz CT molecular complexity index is 839. The standard InChI is InChI=1S/C18H16FN3O3/c1-21(10-7-12-5-8-20-9-6-12)15(23)11-22-17(24)13-3-2-4-14(19)16(13)18(22)25/h2-6,8-9H,7,10-11H2,1H3. The lowest BCUT2D eigenvalue weighted by Gasteiger charge is -2.20. The van der Waals surface area contributed by atoms with Gasteiger partial charge < -0.3 is 4.90 Å². The molecular weight excluding hydrogens is 325 g/mol. The summed E-state index contributed by atoms with van der Waals surface area (Å²) < 4.78 is 13.8. The molecule has 0 N–H and O–H groups in total. The molecule has 0 spiro atoms. The molecule has 3 rings (SSSR count). The molecule has 2 aromatic rings. The van der Waals surface area contributed by atoms with Gasteiger partial charge in [0.2, 0.25) is 5.91 Å². The molecule has 0 aliphatic carbocycles. The minimum absolute atomic E-state index is 0.00256. The van der Waals surface area contributed by atoms with Crippen molar-refractivity contribution in [2.75, 3.05) is 20.1 Å². The lowest BCUT2D eigenvalue weighted by Crippen LogP contribution is -2.41. The van der Waals surface area contributed by atoms with Crippen molar-refractivity contribution in [3.05, 3.63) is 65.2 Å². The van der Waals surface area contributed by atoms with Crippen LogP contribution < -0.4 is 0 Å². The molecule has 3 amide bonds. The number of imide groups is 1. The van der Waals surface area contributed by atoms with Crippen LogP contribution in [0.15, 0.2) is 42.7 Å². The van der Waals surface area contributed by atoms with Gasteiger partial charge in [0, 0.05) is 26.0 Å². The van der Waals surface area contributed by atoms with E-state index in [0.29, 0.717) is 13.0 Å². The Morgan fingerprint density at radius 2 is 1.88 bits per heavy atom. The van der Waals surface area contributed by atoms with Crippen molar-refractivity contribution in [3.8, 4) is 0 Å². The lowest BCUT2D eigenvalue weighted by molar-refractivity contribution is -0.130. The first kappa shape index (κ1) is 16.8. The third-order valence-electron chi connectivity index (χ3n) is 4.15. The summed E-state index contributed by atoms with van der Waals surface area (Å²) in [5, 5.41) is 0. The van der Waals surface area contributed by atoms with Crippen molar-refractivity contribution in [1.82, 2.24) is 14.8 Å². The summed E-state index contributed by atoms with van der Waals surface area (Å²) in [7, 11) is 1.60. The quantitative estimate of drug-likeness (QED) is 0.773. The van der Waals surface area contributed by atoms with E-state index in [1.165, 1.54) is 17.0 Å². The van der Waals surface area contributed by atoms with Gasteiger partial charge in [-0.05, 0) is 36.2 Å². The van der Waals surface area contributed by atoms with Gasteiger partial charge in [0.25, 0.3) is 11.8 Å². The number of aromatic nitrogens is 1. The fourth-order valence-corrected chi connectivity index (χ4v) is 2.66. The largest absolute Gasteiger partial charge is 0.344 e. The normalized spacial score (nSPS) is 13.1. The second-order valence-corrected chi connectivity index (χ2v) is 5.78. The molecule has 1 aliphatic heterocycles. The molecule has 1 aliphatic rings. The average molecular weight is 341 g/mol. The fourth-order valence-electron chi connectivity index (χ4n) is 2.66. The SMILES string of the molecule is CN(CCc1ccncc1)C(=O)CN1C(=O)c2cccc(F)c2C1=O. The van der Waals surface area contributed by atoms with Gasteiger partial charge in [-0.1, -0.05) is 6.07 Å². The van der Waals surface area contributed by atoms with Crippen LogP contribution in [-0.2, 0) is 11.2 Å². The Morgan fingerprint density at radius 3 is 2.56 bits per heavy atom. The molecule has 0 bridgehead atoms. The van der Waals surface area contributed by atoms with Gasteiger partial charge in [-0.2, -0.15) is 0 Å². The molecule has 128 valence electrons. The number of amides is 3. The monoisotopic (exact) mass is 341 g/mol. The van der Waals surface area contributed by atoms with Crippen molar-refractivity contribution in [2.24, 2.45) is 0 Å². The second kappa shape index (κ2) is 6.80. The highest BCUT2D eigenvalue weighted by atomic mass is 19.1. The van der Waals surface area contributed by atoms with E-state index in [0.717, 1.165) is 16.5 Å². The van der Waals surface area contributed by atoms with Crippen LogP contribution in [0.2, 0.25) is 0 Å². The van der Waals surface area contributed by atoms with Gasteiger partial charge in [0.1, 0.15) is 12.4 Å². The summed E-state index contributed by atoms with van der Waals surface area (Å²) in [6.07, 6.45) is 3.97.